The van der Waals surface area contributed by atoms with Gasteiger partial charge in [0.05, 0.1) is 0 Å². The maximum absolute atomic E-state index is 13.7. The van der Waals surface area contributed by atoms with Crippen molar-refractivity contribution in [3.8, 4) is 0 Å². The van der Waals surface area contributed by atoms with Crippen molar-refractivity contribution < 1.29 is 19.1 Å². The van der Waals surface area contributed by atoms with Crippen LogP contribution in [-0.4, -0.2) is 50.8 Å². The first-order valence-corrected chi connectivity index (χ1v) is 11.4. The predicted octanol–water partition coefficient (Wildman–Crippen LogP) is 2.84. The van der Waals surface area contributed by atoms with Crippen LogP contribution < -0.4 is 4.46 Å². The van der Waals surface area contributed by atoms with E-state index in [-0.39, 0.29) is 17.9 Å². The first-order chi connectivity index (χ1) is 13.9. The fourth-order valence-electron chi connectivity index (χ4n) is 3.73. The fraction of sp³-hybridized carbons (Fsp3) is 0.348. The third kappa shape index (κ3) is 4.29. The molecule has 1 heterocycles. The molecule has 1 unspecified atom stereocenters. The molecule has 1 fully saturated rings. The fourth-order valence-corrected chi connectivity index (χ4v) is 6.51. The number of benzene rings is 2. The molecule has 2 aromatic carbocycles. The van der Waals surface area contributed by atoms with Gasteiger partial charge < -0.3 is 0 Å². The Morgan fingerprint density at radius 1 is 1.10 bits per heavy atom. The van der Waals surface area contributed by atoms with Gasteiger partial charge in [-0.2, -0.15) is 0 Å². The topological polar surface area (TPSA) is 63.7 Å². The van der Waals surface area contributed by atoms with Gasteiger partial charge in [0.1, 0.15) is 0 Å². The molecule has 29 heavy (non-hydrogen) atoms. The third-order valence-corrected chi connectivity index (χ3v) is 7.85. The summed E-state index contributed by atoms with van der Waals surface area (Å²) in [7, 11) is 1.30. The Morgan fingerprint density at radius 3 is 2.24 bits per heavy atom. The SMILES string of the molecule is COC(=O)C1([Se]c2ccccc2)C[C@H](CC(C)C)N(C(=O)c2ccccc2)C1=O. The Kier molecular flexibility index (Phi) is 6.56. The summed E-state index contributed by atoms with van der Waals surface area (Å²) in [6.07, 6.45) is 0.943. The van der Waals surface area contributed by atoms with Crippen molar-refractivity contribution in [2.75, 3.05) is 7.11 Å². The van der Waals surface area contributed by atoms with Gasteiger partial charge in [-0.15, -0.1) is 0 Å². The predicted molar refractivity (Wildman–Crippen MR) is 112 cm³/mol. The van der Waals surface area contributed by atoms with Gasteiger partial charge in [-0.05, 0) is 0 Å². The number of rotatable bonds is 6. The van der Waals surface area contributed by atoms with E-state index >= 15 is 0 Å². The Morgan fingerprint density at radius 2 is 1.69 bits per heavy atom. The number of esters is 1. The van der Waals surface area contributed by atoms with Gasteiger partial charge in [0.2, 0.25) is 0 Å². The van der Waals surface area contributed by atoms with Crippen molar-refractivity contribution in [1.82, 2.24) is 4.90 Å². The van der Waals surface area contributed by atoms with Crippen LogP contribution in [0.4, 0.5) is 0 Å². The summed E-state index contributed by atoms with van der Waals surface area (Å²) in [5.41, 5.74) is 0.447. The molecule has 0 bridgehead atoms. The van der Waals surface area contributed by atoms with Crippen LogP contribution in [-0.2, 0) is 14.3 Å². The van der Waals surface area contributed by atoms with Crippen molar-refractivity contribution in [1.29, 1.82) is 0 Å². The summed E-state index contributed by atoms with van der Waals surface area (Å²) in [5, 5.41) is 0. The van der Waals surface area contributed by atoms with Gasteiger partial charge in [0.15, 0.2) is 0 Å². The number of amides is 2. The molecule has 0 aliphatic carbocycles. The van der Waals surface area contributed by atoms with Gasteiger partial charge in [-0.25, -0.2) is 0 Å². The first kappa shape index (κ1) is 21.3. The van der Waals surface area contributed by atoms with Gasteiger partial charge in [-0.1, -0.05) is 0 Å². The number of hydrogen-bond acceptors (Lipinski definition) is 4. The standard InChI is InChI=1S/C23H25NO4Se/c1-16(2)14-18-15-23(22(27)28-3,29-19-12-8-5-9-13-19)21(26)24(18)20(25)17-10-6-4-7-11-17/h4-13,16,18H,14-15H2,1-3H3/t18-,23?/m0/s1. The number of likely N-dealkylation sites (tertiary alicyclic amines) is 1. The van der Waals surface area contributed by atoms with E-state index in [4.69, 9.17) is 4.74 Å². The van der Waals surface area contributed by atoms with Crippen molar-refractivity contribution in [3.63, 3.8) is 0 Å². The molecule has 0 radical (unpaired) electrons. The van der Waals surface area contributed by atoms with Crippen LogP contribution in [0.3, 0.4) is 0 Å². The molecule has 6 heteroatoms. The molecule has 2 aromatic rings. The molecule has 1 aliphatic rings. The van der Waals surface area contributed by atoms with Gasteiger partial charge in [-0.3, -0.25) is 0 Å². The Labute approximate surface area is 177 Å². The zero-order valence-electron chi connectivity index (χ0n) is 16.8. The molecule has 3 rings (SSSR count). The molecule has 0 saturated carbocycles. The number of carbonyl (C=O) groups is 3. The van der Waals surface area contributed by atoms with Crippen molar-refractivity contribution in [2.45, 2.75) is 37.0 Å². The average molecular weight is 458 g/mol. The van der Waals surface area contributed by atoms with E-state index in [0.29, 0.717) is 18.4 Å². The molecule has 1 saturated heterocycles. The van der Waals surface area contributed by atoms with Crippen molar-refractivity contribution >= 4 is 37.2 Å². The normalized spacial score (nSPS) is 21.4. The van der Waals surface area contributed by atoms with Crippen molar-refractivity contribution in [3.05, 3.63) is 66.2 Å². The van der Waals surface area contributed by atoms with Crippen LogP contribution >= 0.6 is 0 Å². The second kappa shape index (κ2) is 8.93. The second-order valence-corrected chi connectivity index (χ2v) is 10.4. The van der Waals surface area contributed by atoms with Crippen LogP contribution in [0.15, 0.2) is 60.7 Å². The number of nitrogens with zero attached hydrogens (tertiary/aromatic N) is 1. The van der Waals surface area contributed by atoms with E-state index in [2.05, 4.69) is 13.8 Å². The molecule has 152 valence electrons. The van der Waals surface area contributed by atoms with E-state index in [9.17, 15) is 14.4 Å². The molecular formula is C23H25NO4Se. The minimum absolute atomic E-state index is 0.275. The Hall–Kier alpha value is -2.43. The third-order valence-electron chi connectivity index (χ3n) is 4.99. The van der Waals surface area contributed by atoms with E-state index in [0.717, 1.165) is 4.46 Å². The zero-order chi connectivity index (χ0) is 21.0. The monoisotopic (exact) mass is 459 g/mol. The summed E-state index contributed by atoms with van der Waals surface area (Å²) in [5.74, 6) is -1.07. The maximum atomic E-state index is 13.7. The average Bonchev–Trinajstić information content (AvgIpc) is 2.99. The van der Waals surface area contributed by atoms with Crippen LogP contribution in [0.5, 0.6) is 0 Å². The Bertz CT molecular complexity index is 884. The quantitative estimate of drug-likeness (QED) is 0.289. The van der Waals surface area contributed by atoms with Crippen LogP contribution in [0, 0.1) is 5.92 Å². The van der Waals surface area contributed by atoms with Gasteiger partial charge in [0.25, 0.3) is 0 Å². The zero-order valence-corrected chi connectivity index (χ0v) is 18.5. The van der Waals surface area contributed by atoms with Gasteiger partial charge in [0, 0.05) is 0 Å². The molecule has 2 amide bonds. The number of methoxy groups -OCH3 is 1. The number of ether oxygens (including phenoxy) is 1. The number of hydrogen-bond donors (Lipinski definition) is 0. The molecule has 1 aliphatic heterocycles. The summed E-state index contributed by atoms with van der Waals surface area (Å²) < 4.78 is 4.69. The Balaban J connectivity index is 2.04. The summed E-state index contributed by atoms with van der Waals surface area (Å²) in [6.45, 7) is 4.10. The summed E-state index contributed by atoms with van der Waals surface area (Å²) in [6, 6.07) is 17.9. The van der Waals surface area contributed by atoms with E-state index in [1.54, 1.807) is 24.3 Å². The van der Waals surface area contributed by atoms with E-state index in [1.165, 1.54) is 12.0 Å². The summed E-state index contributed by atoms with van der Waals surface area (Å²) >= 11 is -0.501. The molecule has 0 aromatic heterocycles. The van der Waals surface area contributed by atoms with Crippen molar-refractivity contribution in [2.24, 2.45) is 5.92 Å². The molecule has 0 spiro atoms. The van der Waals surface area contributed by atoms with Crippen LogP contribution in [0.1, 0.15) is 37.0 Å². The van der Waals surface area contributed by atoms with E-state index < -0.39 is 31.1 Å². The second-order valence-electron chi connectivity index (χ2n) is 7.57. The van der Waals surface area contributed by atoms with Crippen LogP contribution in [0.2, 0.25) is 4.31 Å². The van der Waals surface area contributed by atoms with Gasteiger partial charge >= 0.3 is 178 Å². The van der Waals surface area contributed by atoms with Crippen LogP contribution in [0.25, 0.3) is 0 Å². The summed E-state index contributed by atoms with van der Waals surface area (Å²) in [4.78, 5) is 41.2. The molecular weight excluding hydrogens is 433 g/mol. The molecule has 0 N–H and O–H groups in total. The first-order valence-electron chi connectivity index (χ1n) is 9.64. The number of carbonyl (C=O) groups excluding carboxylic acids is 3. The number of imide groups is 1. The molecule has 5 nitrogen and oxygen atoms in total. The minimum atomic E-state index is -1.33. The molecule has 2 atom stereocenters. The van der Waals surface area contributed by atoms with E-state index in [1.807, 2.05) is 36.4 Å².